The van der Waals surface area contributed by atoms with Crippen molar-refractivity contribution in [1.82, 2.24) is 9.80 Å². The van der Waals surface area contributed by atoms with E-state index in [1.54, 1.807) is 12.1 Å². The molecular weight excluding hydrogens is 375 g/mol. The number of benzene rings is 1. The fraction of sp³-hybridized carbons (Fsp3) is 0.579. The third-order valence-electron chi connectivity index (χ3n) is 5.92. The van der Waals surface area contributed by atoms with Crippen molar-refractivity contribution in [3.8, 4) is 0 Å². The maximum atomic E-state index is 12.9. The lowest BCUT2D eigenvalue weighted by atomic mass is 10.0. The summed E-state index contributed by atoms with van der Waals surface area (Å²) in [6, 6.07) is 5.13. The molecule has 0 unspecified atom stereocenters. The molecule has 0 radical (unpaired) electrons. The number of hydrogen-bond donors (Lipinski definition) is 0. The van der Waals surface area contributed by atoms with Crippen molar-refractivity contribution in [2.24, 2.45) is 5.92 Å². The first-order valence-electron chi connectivity index (χ1n) is 9.03. The molecule has 3 aliphatic rings. The van der Waals surface area contributed by atoms with Gasteiger partial charge in [0.25, 0.3) is 0 Å². The summed E-state index contributed by atoms with van der Waals surface area (Å²) in [7, 11) is 0. The van der Waals surface area contributed by atoms with Crippen LogP contribution in [-0.4, -0.2) is 52.6 Å². The topological polar surface area (TPSA) is 49.9 Å². The number of carbonyl (C=O) groups is 2. The summed E-state index contributed by atoms with van der Waals surface area (Å²) in [5.41, 5.74) is 0.193. The summed E-state index contributed by atoms with van der Waals surface area (Å²) in [6.45, 7) is 5.37. The number of halogens is 2. The monoisotopic (exact) mass is 396 g/mol. The van der Waals surface area contributed by atoms with E-state index in [0.717, 1.165) is 5.56 Å². The average Bonchev–Trinajstić information content (AvgIpc) is 3.20. The molecule has 1 aromatic rings. The number of ether oxygens (including phenoxy) is 1. The summed E-state index contributed by atoms with van der Waals surface area (Å²) >= 11 is 12.0. The van der Waals surface area contributed by atoms with Crippen LogP contribution >= 0.6 is 23.2 Å². The maximum Gasteiger partial charge on any atom is 0.227 e. The number of rotatable bonds is 3. The third kappa shape index (κ3) is 2.63. The Labute approximate surface area is 163 Å². The molecule has 2 amide bonds. The van der Waals surface area contributed by atoms with Gasteiger partial charge in [-0.25, -0.2) is 0 Å². The van der Waals surface area contributed by atoms with Gasteiger partial charge >= 0.3 is 0 Å². The zero-order valence-corrected chi connectivity index (χ0v) is 16.4. The van der Waals surface area contributed by atoms with Crippen LogP contribution in [0, 0.1) is 5.92 Å². The van der Waals surface area contributed by atoms with E-state index >= 15 is 0 Å². The van der Waals surface area contributed by atoms with E-state index in [4.69, 9.17) is 27.9 Å². The highest BCUT2D eigenvalue weighted by molar-refractivity contribution is 6.42. The zero-order valence-electron chi connectivity index (χ0n) is 14.9. The Morgan fingerprint density at radius 3 is 2.81 bits per heavy atom. The standard InChI is InChI=1S/C19H22Cl2N2O3/c1-11(2)15-10-26-19-5-6-22(16(19)9-18(25)23(15)19)17(24)8-12-3-4-13(20)14(21)7-12/h3-4,7,11,15-16H,5-6,8-10H2,1-2H3/t15-,16+,19-/m0/s1. The summed E-state index contributed by atoms with van der Waals surface area (Å²) in [5.74, 6) is 0.424. The molecule has 0 N–H and O–H groups in total. The average molecular weight is 397 g/mol. The number of likely N-dealkylation sites (tertiary alicyclic amines) is 1. The van der Waals surface area contributed by atoms with Gasteiger partial charge in [0.15, 0.2) is 5.72 Å². The summed E-state index contributed by atoms with van der Waals surface area (Å²) in [4.78, 5) is 29.3. The first kappa shape index (κ1) is 18.1. The van der Waals surface area contributed by atoms with Crippen LogP contribution in [0.3, 0.4) is 0 Å². The molecule has 3 atom stereocenters. The second-order valence-corrected chi connectivity index (χ2v) is 8.53. The molecule has 1 aromatic carbocycles. The molecule has 3 aliphatic heterocycles. The van der Waals surface area contributed by atoms with Crippen LogP contribution < -0.4 is 0 Å². The van der Waals surface area contributed by atoms with Crippen LogP contribution in [-0.2, 0) is 20.7 Å². The first-order valence-corrected chi connectivity index (χ1v) is 9.78. The van der Waals surface area contributed by atoms with Crippen molar-refractivity contribution >= 4 is 35.0 Å². The maximum absolute atomic E-state index is 12.9. The molecule has 3 heterocycles. The Bertz CT molecular complexity index is 769. The summed E-state index contributed by atoms with van der Waals surface area (Å²) in [6.07, 6.45) is 1.27. The van der Waals surface area contributed by atoms with Crippen molar-refractivity contribution in [2.45, 2.75) is 50.9 Å². The third-order valence-corrected chi connectivity index (χ3v) is 6.66. The van der Waals surface area contributed by atoms with E-state index < -0.39 is 5.72 Å². The molecule has 3 saturated heterocycles. The molecular formula is C19H22Cl2N2O3. The zero-order chi connectivity index (χ0) is 18.6. The van der Waals surface area contributed by atoms with Gasteiger partial charge in [0.1, 0.15) is 0 Å². The number of carbonyl (C=O) groups excluding carboxylic acids is 2. The van der Waals surface area contributed by atoms with Gasteiger partial charge in [0, 0.05) is 13.0 Å². The van der Waals surface area contributed by atoms with Gasteiger partial charge in [-0.15, -0.1) is 0 Å². The quantitative estimate of drug-likeness (QED) is 0.788. The lowest BCUT2D eigenvalue weighted by molar-refractivity contribution is -0.141. The van der Waals surface area contributed by atoms with Gasteiger partial charge in [0.2, 0.25) is 11.8 Å². The fourth-order valence-electron chi connectivity index (χ4n) is 4.59. The Kier molecular flexibility index (Phi) is 4.45. The largest absolute Gasteiger partial charge is 0.351 e. The van der Waals surface area contributed by atoms with E-state index in [1.807, 2.05) is 15.9 Å². The summed E-state index contributed by atoms with van der Waals surface area (Å²) in [5, 5.41) is 0.912. The first-order chi connectivity index (χ1) is 12.3. The summed E-state index contributed by atoms with van der Waals surface area (Å²) < 4.78 is 6.17. The van der Waals surface area contributed by atoms with Crippen LogP contribution in [0.15, 0.2) is 18.2 Å². The minimum atomic E-state index is -0.626. The number of amides is 2. The minimum absolute atomic E-state index is 0.00323. The molecule has 0 saturated carbocycles. The van der Waals surface area contributed by atoms with E-state index in [0.29, 0.717) is 42.0 Å². The molecule has 4 rings (SSSR count). The Morgan fingerprint density at radius 2 is 2.12 bits per heavy atom. The highest BCUT2D eigenvalue weighted by atomic mass is 35.5. The van der Waals surface area contributed by atoms with E-state index in [1.165, 1.54) is 0 Å². The van der Waals surface area contributed by atoms with Crippen LogP contribution in [0.1, 0.15) is 32.3 Å². The number of hydrogen-bond acceptors (Lipinski definition) is 3. The molecule has 0 aliphatic carbocycles. The Hall–Kier alpha value is -1.30. The molecule has 1 spiro atoms. The normalized spacial score (nSPS) is 30.3. The van der Waals surface area contributed by atoms with Crippen molar-refractivity contribution in [3.63, 3.8) is 0 Å². The van der Waals surface area contributed by atoms with Gasteiger partial charge < -0.3 is 14.5 Å². The van der Waals surface area contributed by atoms with E-state index in [-0.39, 0.29) is 30.3 Å². The van der Waals surface area contributed by atoms with Crippen LogP contribution in [0.2, 0.25) is 10.0 Å². The van der Waals surface area contributed by atoms with Gasteiger partial charge in [-0.1, -0.05) is 43.1 Å². The lowest BCUT2D eigenvalue weighted by Gasteiger charge is -2.34. The molecule has 0 aromatic heterocycles. The fourth-order valence-corrected chi connectivity index (χ4v) is 4.92. The Morgan fingerprint density at radius 1 is 1.35 bits per heavy atom. The second-order valence-electron chi connectivity index (χ2n) is 7.71. The molecule has 0 bridgehead atoms. The van der Waals surface area contributed by atoms with Gasteiger partial charge in [-0.2, -0.15) is 0 Å². The predicted octanol–water partition coefficient (Wildman–Crippen LogP) is 3.12. The van der Waals surface area contributed by atoms with Gasteiger partial charge in [0.05, 0.1) is 41.6 Å². The number of nitrogens with zero attached hydrogens (tertiary/aromatic N) is 2. The van der Waals surface area contributed by atoms with Crippen LogP contribution in [0.5, 0.6) is 0 Å². The molecule has 3 fully saturated rings. The van der Waals surface area contributed by atoms with Crippen LogP contribution in [0.4, 0.5) is 0 Å². The predicted molar refractivity (Wildman–Crippen MR) is 99.1 cm³/mol. The minimum Gasteiger partial charge on any atom is -0.351 e. The highest BCUT2D eigenvalue weighted by Crippen LogP contribution is 2.48. The van der Waals surface area contributed by atoms with Crippen molar-refractivity contribution in [3.05, 3.63) is 33.8 Å². The molecule has 26 heavy (non-hydrogen) atoms. The van der Waals surface area contributed by atoms with E-state index in [9.17, 15) is 9.59 Å². The van der Waals surface area contributed by atoms with Crippen LogP contribution in [0.25, 0.3) is 0 Å². The smallest absolute Gasteiger partial charge is 0.227 e. The Balaban J connectivity index is 1.54. The second kappa shape index (κ2) is 6.39. The van der Waals surface area contributed by atoms with Crippen molar-refractivity contribution in [1.29, 1.82) is 0 Å². The van der Waals surface area contributed by atoms with Crippen molar-refractivity contribution in [2.75, 3.05) is 13.2 Å². The highest BCUT2D eigenvalue weighted by Gasteiger charge is 2.65. The lowest BCUT2D eigenvalue weighted by Crippen LogP contribution is -2.51. The van der Waals surface area contributed by atoms with Gasteiger partial charge in [-0.05, 0) is 23.6 Å². The van der Waals surface area contributed by atoms with E-state index in [2.05, 4.69) is 13.8 Å². The molecule has 5 nitrogen and oxygen atoms in total. The molecule has 7 heteroatoms. The SMILES string of the molecule is CC(C)[C@@H]1CO[C@@]23CCN(C(=O)Cc4ccc(Cl)c(Cl)c4)[C@@H]2CC(=O)N13. The van der Waals surface area contributed by atoms with Crippen molar-refractivity contribution < 1.29 is 14.3 Å². The van der Waals surface area contributed by atoms with Gasteiger partial charge in [-0.3, -0.25) is 9.59 Å². The molecule has 140 valence electrons.